The first-order valence-electron chi connectivity index (χ1n) is 10.1. The molecule has 3 rings (SSSR count). The number of hydrogen-bond acceptors (Lipinski definition) is 6. The maximum atomic E-state index is 13.2. The molecule has 0 atom stereocenters. The van der Waals surface area contributed by atoms with Crippen LogP contribution in [0.1, 0.15) is 21.5 Å². The smallest absolute Gasteiger partial charge is 0.329 e. The Morgan fingerprint density at radius 2 is 1.77 bits per heavy atom. The zero-order valence-corrected chi connectivity index (χ0v) is 19.1. The van der Waals surface area contributed by atoms with E-state index < -0.39 is 23.5 Å². The maximum Gasteiger partial charge on any atom is 0.329 e. The van der Waals surface area contributed by atoms with E-state index in [9.17, 15) is 18.8 Å². The van der Waals surface area contributed by atoms with Crippen LogP contribution < -0.4 is 25.9 Å². The third-order valence-electron chi connectivity index (χ3n) is 4.60. The molecular weight excluding hydrogens is 479 g/mol. The predicted molar refractivity (Wildman–Crippen MR) is 128 cm³/mol. The molecular formula is C24H20ClFN4O5. The number of methoxy groups -OCH3 is 1. The van der Waals surface area contributed by atoms with E-state index >= 15 is 0 Å². The zero-order chi connectivity index (χ0) is 25.4. The number of hydrazone groups is 1. The van der Waals surface area contributed by atoms with E-state index in [4.69, 9.17) is 26.8 Å². The molecule has 0 fully saturated rings. The number of primary amides is 1. The minimum Gasteiger partial charge on any atom is -0.493 e. The molecule has 0 unspecified atom stereocenters. The molecule has 0 saturated carbocycles. The largest absolute Gasteiger partial charge is 0.493 e. The molecule has 180 valence electrons. The van der Waals surface area contributed by atoms with Crippen molar-refractivity contribution >= 4 is 41.2 Å². The van der Waals surface area contributed by atoms with Crippen LogP contribution >= 0.6 is 11.6 Å². The average Bonchev–Trinajstić information content (AvgIpc) is 2.84. The molecule has 0 aromatic heterocycles. The monoisotopic (exact) mass is 498 g/mol. The quantitative estimate of drug-likeness (QED) is 0.249. The first-order valence-corrected chi connectivity index (χ1v) is 10.4. The number of carbonyl (C=O) groups is 3. The van der Waals surface area contributed by atoms with E-state index in [1.54, 1.807) is 18.2 Å². The molecule has 0 heterocycles. The Morgan fingerprint density at radius 3 is 2.43 bits per heavy atom. The Bertz CT molecular complexity index is 1280. The van der Waals surface area contributed by atoms with E-state index in [0.29, 0.717) is 28.3 Å². The Labute approximate surface area is 204 Å². The van der Waals surface area contributed by atoms with Gasteiger partial charge in [0, 0.05) is 16.8 Å². The fourth-order valence-electron chi connectivity index (χ4n) is 2.80. The standard InChI is InChI=1S/C24H20ClFN4O5/c1-34-21-10-14(2-9-20(21)35-13-16-3-6-17(26)11-19(16)25)12-28-30-24(33)23(32)29-18-7-4-15(5-8-18)22(27)31/h2-12H,13H2,1H3,(H2,27,31)(H,29,32)(H,30,33)/b28-12+. The fraction of sp³-hybridized carbons (Fsp3) is 0.0833. The van der Waals surface area contributed by atoms with Crippen molar-refractivity contribution in [3.8, 4) is 11.5 Å². The third kappa shape index (κ3) is 7.02. The van der Waals surface area contributed by atoms with Gasteiger partial charge in [-0.25, -0.2) is 9.82 Å². The van der Waals surface area contributed by atoms with Gasteiger partial charge in [0.05, 0.1) is 18.3 Å². The van der Waals surface area contributed by atoms with Gasteiger partial charge in [-0.3, -0.25) is 14.4 Å². The van der Waals surface area contributed by atoms with E-state index in [2.05, 4.69) is 15.8 Å². The number of amides is 3. The van der Waals surface area contributed by atoms with Crippen LogP contribution in [0.2, 0.25) is 5.02 Å². The second-order valence-electron chi connectivity index (χ2n) is 7.03. The maximum absolute atomic E-state index is 13.2. The average molecular weight is 499 g/mol. The SMILES string of the molecule is COc1cc(/C=N/NC(=O)C(=O)Nc2ccc(C(N)=O)cc2)ccc1OCc1ccc(F)cc1Cl. The number of halogens is 2. The third-order valence-corrected chi connectivity index (χ3v) is 4.95. The van der Waals surface area contributed by atoms with E-state index in [1.807, 2.05) is 0 Å². The molecule has 0 aliphatic rings. The van der Waals surface area contributed by atoms with Crippen molar-refractivity contribution in [3.05, 3.63) is 88.2 Å². The van der Waals surface area contributed by atoms with Gasteiger partial charge in [0.1, 0.15) is 12.4 Å². The van der Waals surface area contributed by atoms with Gasteiger partial charge in [-0.05, 0) is 60.2 Å². The zero-order valence-electron chi connectivity index (χ0n) is 18.4. The number of nitrogens with two attached hydrogens (primary N) is 1. The van der Waals surface area contributed by atoms with Gasteiger partial charge in [0.15, 0.2) is 11.5 Å². The molecule has 9 nitrogen and oxygen atoms in total. The summed E-state index contributed by atoms with van der Waals surface area (Å²) in [5.74, 6) is -2.20. The Morgan fingerprint density at radius 1 is 1.03 bits per heavy atom. The second kappa shape index (κ2) is 11.6. The highest BCUT2D eigenvalue weighted by molar-refractivity contribution is 6.39. The van der Waals surface area contributed by atoms with Crippen molar-refractivity contribution in [2.45, 2.75) is 6.61 Å². The van der Waals surface area contributed by atoms with Crippen LogP contribution in [-0.4, -0.2) is 31.0 Å². The Balaban J connectivity index is 1.56. The van der Waals surface area contributed by atoms with Gasteiger partial charge in [-0.15, -0.1) is 0 Å². The van der Waals surface area contributed by atoms with Crippen LogP contribution in [0.4, 0.5) is 10.1 Å². The minimum absolute atomic E-state index is 0.0966. The molecule has 0 saturated heterocycles. The number of nitrogens with zero attached hydrogens (tertiary/aromatic N) is 1. The van der Waals surface area contributed by atoms with Gasteiger partial charge < -0.3 is 20.5 Å². The molecule has 0 aliphatic carbocycles. The summed E-state index contributed by atoms with van der Waals surface area (Å²) >= 11 is 6.01. The Hall–Kier alpha value is -4.44. The molecule has 0 bridgehead atoms. The molecule has 4 N–H and O–H groups in total. The number of rotatable bonds is 8. The van der Waals surface area contributed by atoms with Crippen LogP contribution in [0.25, 0.3) is 0 Å². The highest BCUT2D eigenvalue weighted by atomic mass is 35.5. The summed E-state index contributed by atoms with van der Waals surface area (Å²) in [5.41, 5.74) is 9.00. The van der Waals surface area contributed by atoms with Crippen LogP contribution in [0.5, 0.6) is 11.5 Å². The van der Waals surface area contributed by atoms with Crippen molar-refractivity contribution in [2.24, 2.45) is 10.8 Å². The van der Waals surface area contributed by atoms with Gasteiger partial charge in [0.2, 0.25) is 5.91 Å². The summed E-state index contributed by atoms with van der Waals surface area (Å²) in [7, 11) is 1.45. The summed E-state index contributed by atoms with van der Waals surface area (Å²) in [6.07, 6.45) is 1.32. The fourth-order valence-corrected chi connectivity index (χ4v) is 3.02. The number of hydrogen-bond donors (Lipinski definition) is 3. The lowest BCUT2D eigenvalue weighted by Gasteiger charge is -2.12. The minimum atomic E-state index is -0.997. The van der Waals surface area contributed by atoms with Crippen molar-refractivity contribution in [1.29, 1.82) is 0 Å². The van der Waals surface area contributed by atoms with Crippen LogP contribution in [0.3, 0.4) is 0 Å². The summed E-state index contributed by atoms with van der Waals surface area (Å²) in [6.45, 7) is 0.0966. The summed E-state index contributed by atoms with van der Waals surface area (Å²) in [5, 5.41) is 6.38. The lowest BCUT2D eigenvalue weighted by Crippen LogP contribution is -2.32. The van der Waals surface area contributed by atoms with Gasteiger partial charge in [-0.2, -0.15) is 5.10 Å². The second-order valence-corrected chi connectivity index (χ2v) is 7.44. The predicted octanol–water partition coefficient (Wildman–Crippen LogP) is 3.25. The van der Waals surface area contributed by atoms with Crippen LogP contribution in [-0.2, 0) is 16.2 Å². The normalized spacial score (nSPS) is 10.6. The van der Waals surface area contributed by atoms with Gasteiger partial charge >= 0.3 is 11.8 Å². The van der Waals surface area contributed by atoms with Gasteiger partial charge in [0.25, 0.3) is 0 Å². The molecule has 11 heteroatoms. The molecule has 3 aromatic carbocycles. The number of anilines is 1. The molecule has 3 aromatic rings. The van der Waals surface area contributed by atoms with Crippen molar-refractivity contribution < 1.29 is 28.2 Å². The summed E-state index contributed by atoms with van der Waals surface area (Å²) in [6, 6.07) is 14.6. The van der Waals surface area contributed by atoms with Crippen LogP contribution in [0.15, 0.2) is 65.8 Å². The van der Waals surface area contributed by atoms with Crippen LogP contribution in [0, 0.1) is 5.82 Å². The Kier molecular flexibility index (Phi) is 8.36. The number of ether oxygens (including phenoxy) is 2. The lowest BCUT2D eigenvalue weighted by atomic mass is 10.2. The first kappa shape index (κ1) is 25.2. The topological polar surface area (TPSA) is 132 Å². The molecule has 3 amide bonds. The van der Waals surface area contributed by atoms with E-state index in [0.717, 1.165) is 0 Å². The summed E-state index contributed by atoms with van der Waals surface area (Å²) < 4.78 is 24.2. The van der Waals surface area contributed by atoms with Crippen molar-refractivity contribution in [2.75, 3.05) is 12.4 Å². The number of carbonyl (C=O) groups excluding carboxylic acids is 3. The van der Waals surface area contributed by atoms with Crippen molar-refractivity contribution in [3.63, 3.8) is 0 Å². The summed E-state index contributed by atoms with van der Waals surface area (Å²) in [4.78, 5) is 35.0. The molecule has 35 heavy (non-hydrogen) atoms. The van der Waals surface area contributed by atoms with E-state index in [-0.39, 0.29) is 17.2 Å². The highest BCUT2D eigenvalue weighted by Gasteiger charge is 2.13. The van der Waals surface area contributed by atoms with E-state index in [1.165, 1.54) is 55.8 Å². The highest BCUT2D eigenvalue weighted by Crippen LogP contribution is 2.29. The number of nitrogens with one attached hydrogen (secondary N) is 2. The number of benzene rings is 3. The first-order chi connectivity index (χ1) is 16.8. The molecule has 0 spiro atoms. The van der Waals surface area contributed by atoms with Crippen molar-refractivity contribution in [1.82, 2.24) is 5.43 Å². The molecule has 0 aliphatic heterocycles. The molecule has 0 radical (unpaired) electrons. The van der Waals surface area contributed by atoms with Gasteiger partial charge in [-0.1, -0.05) is 17.7 Å². The lowest BCUT2D eigenvalue weighted by molar-refractivity contribution is -0.136.